The number of anilines is 4. The second kappa shape index (κ2) is 7.85. The number of benzene rings is 2. The maximum Gasteiger partial charge on any atom is 0.307 e. The van der Waals surface area contributed by atoms with E-state index in [1.807, 2.05) is 0 Å². The van der Waals surface area contributed by atoms with Gasteiger partial charge in [0.05, 0.1) is 39.6 Å². The number of fused-ring (bicyclic) bond motifs is 2. The van der Waals surface area contributed by atoms with Crippen LogP contribution in [0.5, 0.6) is 0 Å². The second-order valence-corrected chi connectivity index (χ2v) is 7.89. The third-order valence-electron chi connectivity index (χ3n) is 5.88. The molecule has 2 unspecified atom stereocenters. The molecule has 0 saturated heterocycles. The van der Waals surface area contributed by atoms with Crippen molar-refractivity contribution in [2.75, 3.05) is 10.6 Å². The molecule has 4 N–H and O–H groups in total. The Labute approximate surface area is 192 Å². The van der Waals surface area contributed by atoms with Gasteiger partial charge in [0.15, 0.2) is 11.6 Å². The lowest BCUT2D eigenvalue weighted by Gasteiger charge is -2.29. The van der Waals surface area contributed by atoms with Gasteiger partial charge in [0.1, 0.15) is 0 Å². The number of hydrogen-bond acceptors (Lipinski definition) is 10. The molecule has 35 heavy (non-hydrogen) atoms. The van der Waals surface area contributed by atoms with Crippen molar-refractivity contribution in [3.63, 3.8) is 0 Å². The summed E-state index contributed by atoms with van der Waals surface area (Å²) in [6, 6.07) is 1.75. The number of nitrogens with one attached hydrogen (secondary N) is 2. The maximum atomic E-state index is 14.4. The number of halogens is 3. The SMILES string of the molecule is O=[N+]([O-])c1cc(Nc2ncc(F)c(Nc3cc([N+](=O)[O-])c(F)c4c3CC4O)n2)c2c(c1F)C(O)C2. The lowest BCUT2D eigenvalue weighted by molar-refractivity contribution is -0.387. The molecule has 12 nitrogen and oxygen atoms in total. The van der Waals surface area contributed by atoms with Crippen molar-refractivity contribution >= 4 is 34.5 Å². The molecule has 180 valence electrons. The number of nitrogens with zero attached hydrogens (tertiary/aromatic N) is 4. The fourth-order valence-corrected chi connectivity index (χ4v) is 4.12. The van der Waals surface area contributed by atoms with Gasteiger partial charge in [0, 0.05) is 36.1 Å². The normalized spacial score (nSPS) is 17.5. The van der Waals surface area contributed by atoms with Crippen LogP contribution in [0.15, 0.2) is 18.3 Å². The third-order valence-corrected chi connectivity index (χ3v) is 5.88. The van der Waals surface area contributed by atoms with Gasteiger partial charge in [-0.2, -0.15) is 13.8 Å². The quantitative estimate of drug-likeness (QED) is 0.296. The summed E-state index contributed by atoms with van der Waals surface area (Å²) in [5.41, 5.74) is -1.88. The van der Waals surface area contributed by atoms with Gasteiger partial charge < -0.3 is 20.8 Å². The van der Waals surface area contributed by atoms with Gasteiger partial charge in [-0.25, -0.2) is 9.37 Å². The average Bonchev–Trinajstić information content (AvgIpc) is 2.76. The van der Waals surface area contributed by atoms with Gasteiger partial charge >= 0.3 is 11.4 Å². The minimum atomic E-state index is -1.25. The number of nitro benzene ring substituents is 2. The lowest BCUT2D eigenvalue weighted by Crippen LogP contribution is -2.22. The van der Waals surface area contributed by atoms with E-state index in [1.165, 1.54) is 0 Å². The molecule has 2 atom stereocenters. The lowest BCUT2D eigenvalue weighted by atomic mass is 9.83. The van der Waals surface area contributed by atoms with Crippen LogP contribution in [0.2, 0.25) is 0 Å². The van der Waals surface area contributed by atoms with E-state index in [0.717, 1.165) is 18.3 Å². The molecule has 15 heteroatoms. The molecule has 2 aliphatic rings. The van der Waals surface area contributed by atoms with Gasteiger partial charge in [-0.3, -0.25) is 20.2 Å². The van der Waals surface area contributed by atoms with Crippen LogP contribution >= 0.6 is 0 Å². The van der Waals surface area contributed by atoms with Crippen molar-refractivity contribution in [3.05, 3.63) is 78.3 Å². The molecule has 0 saturated carbocycles. The molecule has 2 aliphatic carbocycles. The van der Waals surface area contributed by atoms with E-state index >= 15 is 0 Å². The van der Waals surface area contributed by atoms with Crippen molar-refractivity contribution in [2.45, 2.75) is 25.0 Å². The molecular weight excluding hydrogens is 477 g/mol. The summed E-state index contributed by atoms with van der Waals surface area (Å²) in [7, 11) is 0. The van der Waals surface area contributed by atoms with Crippen molar-refractivity contribution in [1.82, 2.24) is 9.97 Å². The zero-order valence-electron chi connectivity index (χ0n) is 17.3. The first-order valence-electron chi connectivity index (χ1n) is 9.98. The maximum absolute atomic E-state index is 14.4. The first kappa shape index (κ1) is 22.4. The summed E-state index contributed by atoms with van der Waals surface area (Å²) in [6.45, 7) is 0. The number of aliphatic hydroxyl groups excluding tert-OH is 2. The molecule has 0 amide bonds. The minimum Gasteiger partial charge on any atom is -0.388 e. The predicted octanol–water partition coefficient (Wildman–Crippen LogP) is 3.38. The Morgan fingerprint density at radius 1 is 0.886 bits per heavy atom. The number of aliphatic hydroxyl groups is 2. The highest BCUT2D eigenvalue weighted by molar-refractivity contribution is 5.72. The number of hydrogen-bond donors (Lipinski definition) is 4. The fraction of sp³-hybridized carbons (Fsp3) is 0.200. The fourth-order valence-electron chi connectivity index (χ4n) is 4.12. The molecule has 1 heterocycles. The van der Waals surface area contributed by atoms with E-state index in [-0.39, 0.29) is 52.4 Å². The number of nitro groups is 2. The Morgan fingerprint density at radius 2 is 1.37 bits per heavy atom. The Balaban J connectivity index is 1.51. The van der Waals surface area contributed by atoms with Gasteiger partial charge in [-0.15, -0.1) is 0 Å². The van der Waals surface area contributed by atoms with Crippen LogP contribution in [-0.2, 0) is 12.8 Å². The summed E-state index contributed by atoms with van der Waals surface area (Å²) in [6.07, 6.45) is -1.75. The van der Waals surface area contributed by atoms with Crippen molar-refractivity contribution < 1.29 is 33.2 Å². The van der Waals surface area contributed by atoms with E-state index in [0.29, 0.717) is 0 Å². The van der Waals surface area contributed by atoms with E-state index in [4.69, 9.17) is 0 Å². The van der Waals surface area contributed by atoms with Crippen LogP contribution < -0.4 is 10.6 Å². The first-order valence-corrected chi connectivity index (χ1v) is 9.98. The molecule has 0 radical (unpaired) electrons. The predicted molar refractivity (Wildman–Crippen MR) is 112 cm³/mol. The topological polar surface area (TPSA) is 177 Å². The Kier molecular flexibility index (Phi) is 5.03. The Morgan fingerprint density at radius 3 is 1.83 bits per heavy atom. The Hall–Kier alpha value is -4.37. The molecule has 0 spiro atoms. The van der Waals surface area contributed by atoms with Crippen molar-refractivity contribution in [2.24, 2.45) is 0 Å². The highest BCUT2D eigenvalue weighted by Crippen LogP contribution is 2.46. The van der Waals surface area contributed by atoms with Gasteiger partial charge in [0.25, 0.3) is 0 Å². The molecule has 0 aliphatic heterocycles. The largest absolute Gasteiger partial charge is 0.388 e. The standard InChI is InChI=1S/C20H13F3N6O6/c21-8-5-24-20(26-10-4-12(29(34)35)18(23)16-7(10)2-14(16)31)27-19(8)25-9-3-11(28(32)33)17(22)15-6(9)1-13(15)30/h3-5,13-14,30-31H,1-2H2,(H2,24,25,26,27). The van der Waals surface area contributed by atoms with Crippen LogP contribution in [0.4, 0.5) is 47.7 Å². The van der Waals surface area contributed by atoms with Gasteiger partial charge in [-0.1, -0.05) is 0 Å². The number of aromatic nitrogens is 2. The highest BCUT2D eigenvalue weighted by Gasteiger charge is 2.37. The zero-order valence-corrected chi connectivity index (χ0v) is 17.3. The van der Waals surface area contributed by atoms with Crippen LogP contribution in [0.1, 0.15) is 34.5 Å². The molecule has 0 bridgehead atoms. The summed E-state index contributed by atoms with van der Waals surface area (Å²) < 4.78 is 43.1. The second-order valence-electron chi connectivity index (χ2n) is 7.89. The molecule has 2 aromatic carbocycles. The Bertz CT molecular complexity index is 1450. The molecule has 0 fully saturated rings. The summed E-state index contributed by atoms with van der Waals surface area (Å²) in [5.74, 6) is -4.06. The first-order chi connectivity index (χ1) is 16.6. The van der Waals surface area contributed by atoms with Gasteiger partial charge in [-0.05, 0) is 11.1 Å². The van der Waals surface area contributed by atoms with Crippen molar-refractivity contribution in [3.8, 4) is 0 Å². The highest BCUT2D eigenvalue weighted by atomic mass is 19.1. The monoisotopic (exact) mass is 490 g/mol. The summed E-state index contributed by atoms with van der Waals surface area (Å²) >= 11 is 0. The summed E-state index contributed by atoms with van der Waals surface area (Å²) in [5, 5.41) is 47.1. The van der Waals surface area contributed by atoms with Crippen LogP contribution in [0.3, 0.4) is 0 Å². The van der Waals surface area contributed by atoms with E-state index in [1.54, 1.807) is 0 Å². The third kappa shape index (κ3) is 3.48. The van der Waals surface area contributed by atoms with E-state index in [2.05, 4.69) is 20.6 Å². The van der Waals surface area contributed by atoms with E-state index in [9.17, 15) is 43.6 Å². The zero-order chi connectivity index (χ0) is 25.2. The van der Waals surface area contributed by atoms with Crippen LogP contribution in [-0.4, -0.2) is 30.0 Å². The summed E-state index contributed by atoms with van der Waals surface area (Å²) in [4.78, 5) is 28.1. The molecule has 1 aromatic heterocycles. The van der Waals surface area contributed by atoms with Crippen LogP contribution in [0.25, 0.3) is 0 Å². The van der Waals surface area contributed by atoms with E-state index < -0.39 is 56.7 Å². The number of rotatable bonds is 6. The molecular formula is C20H13F3N6O6. The van der Waals surface area contributed by atoms with Crippen LogP contribution in [0, 0.1) is 37.7 Å². The van der Waals surface area contributed by atoms with Gasteiger partial charge in [0.2, 0.25) is 17.6 Å². The molecule has 3 aromatic rings. The molecule has 5 rings (SSSR count). The minimum absolute atomic E-state index is 0.00654. The smallest absolute Gasteiger partial charge is 0.307 e. The average molecular weight is 490 g/mol. The van der Waals surface area contributed by atoms with Crippen molar-refractivity contribution in [1.29, 1.82) is 0 Å².